The van der Waals surface area contributed by atoms with Gasteiger partial charge in [-0.25, -0.2) is 0 Å². The Labute approximate surface area is 148 Å². The van der Waals surface area contributed by atoms with E-state index in [1.54, 1.807) is 24.3 Å². The van der Waals surface area contributed by atoms with Gasteiger partial charge in [-0.1, -0.05) is 19.1 Å². The Kier molecular flexibility index (Phi) is 6.17. The van der Waals surface area contributed by atoms with Crippen LogP contribution in [0.2, 0.25) is 0 Å². The fourth-order valence-corrected chi connectivity index (χ4v) is 2.37. The van der Waals surface area contributed by atoms with Crippen molar-refractivity contribution in [3.05, 3.63) is 53.6 Å². The van der Waals surface area contributed by atoms with Crippen molar-refractivity contribution in [2.45, 2.75) is 40.2 Å². The molecule has 1 unspecified atom stereocenters. The van der Waals surface area contributed by atoms with Crippen LogP contribution in [0.1, 0.15) is 31.4 Å². The lowest BCUT2D eigenvalue weighted by atomic mass is 10.1. The Bertz CT molecular complexity index is 771. The van der Waals surface area contributed by atoms with Crippen LogP contribution in [-0.2, 0) is 9.59 Å². The van der Waals surface area contributed by atoms with E-state index in [-0.39, 0.29) is 11.8 Å². The zero-order chi connectivity index (χ0) is 18.4. The van der Waals surface area contributed by atoms with Crippen molar-refractivity contribution in [1.29, 1.82) is 0 Å². The number of carbonyl (C=O) groups excluding carboxylic acids is 2. The van der Waals surface area contributed by atoms with Crippen LogP contribution < -0.4 is 15.4 Å². The van der Waals surface area contributed by atoms with E-state index >= 15 is 0 Å². The summed E-state index contributed by atoms with van der Waals surface area (Å²) in [4.78, 5) is 23.6. The van der Waals surface area contributed by atoms with Crippen molar-refractivity contribution in [3.8, 4) is 5.75 Å². The van der Waals surface area contributed by atoms with E-state index in [4.69, 9.17) is 4.74 Å². The number of amides is 2. The highest BCUT2D eigenvalue weighted by atomic mass is 16.5. The van der Waals surface area contributed by atoms with Crippen molar-refractivity contribution >= 4 is 23.2 Å². The molecule has 0 aliphatic rings. The number of ether oxygens (including phenoxy) is 1. The van der Waals surface area contributed by atoms with Gasteiger partial charge in [-0.15, -0.1) is 0 Å². The highest BCUT2D eigenvalue weighted by Crippen LogP contribution is 2.20. The number of nitrogens with one attached hydrogen (secondary N) is 2. The summed E-state index contributed by atoms with van der Waals surface area (Å²) in [5, 5.41) is 5.53. The molecule has 1 atom stereocenters. The monoisotopic (exact) mass is 340 g/mol. The molecule has 5 heteroatoms. The SMILES string of the molecule is CCC(Oc1ccc(C)c(C)c1)C(=O)Nc1cccc(NC(C)=O)c1. The number of anilines is 2. The average Bonchev–Trinajstić information content (AvgIpc) is 2.55. The first-order valence-electron chi connectivity index (χ1n) is 8.31. The van der Waals surface area contributed by atoms with E-state index in [1.165, 1.54) is 12.5 Å². The number of hydrogen-bond acceptors (Lipinski definition) is 3. The molecular formula is C20H24N2O3. The average molecular weight is 340 g/mol. The molecule has 0 heterocycles. The van der Waals surface area contributed by atoms with Gasteiger partial charge in [-0.05, 0) is 61.7 Å². The molecule has 0 aromatic heterocycles. The summed E-state index contributed by atoms with van der Waals surface area (Å²) in [5.41, 5.74) is 3.54. The summed E-state index contributed by atoms with van der Waals surface area (Å²) in [6.07, 6.45) is -0.0454. The third-order valence-electron chi connectivity index (χ3n) is 3.87. The van der Waals surface area contributed by atoms with Crippen LogP contribution in [0, 0.1) is 13.8 Å². The summed E-state index contributed by atoms with van der Waals surface area (Å²) in [6, 6.07) is 12.8. The molecule has 0 spiro atoms. The zero-order valence-electron chi connectivity index (χ0n) is 15.1. The first-order chi connectivity index (χ1) is 11.9. The first kappa shape index (κ1) is 18.5. The fourth-order valence-electron chi connectivity index (χ4n) is 2.37. The minimum Gasteiger partial charge on any atom is -0.481 e. The van der Waals surface area contributed by atoms with Gasteiger partial charge in [0.15, 0.2) is 6.10 Å². The molecule has 0 saturated heterocycles. The third kappa shape index (κ3) is 5.35. The van der Waals surface area contributed by atoms with Crippen molar-refractivity contribution in [1.82, 2.24) is 0 Å². The highest BCUT2D eigenvalue weighted by Gasteiger charge is 2.19. The van der Waals surface area contributed by atoms with Crippen LogP contribution in [-0.4, -0.2) is 17.9 Å². The molecule has 0 aliphatic heterocycles. The zero-order valence-corrected chi connectivity index (χ0v) is 15.1. The Morgan fingerprint density at radius 1 is 1.00 bits per heavy atom. The van der Waals surface area contributed by atoms with Crippen LogP contribution in [0.5, 0.6) is 5.75 Å². The van der Waals surface area contributed by atoms with Crippen molar-refractivity contribution in [3.63, 3.8) is 0 Å². The van der Waals surface area contributed by atoms with Gasteiger partial charge >= 0.3 is 0 Å². The molecule has 25 heavy (non-hydrogen) atoms. The van der Waals surface area contributed by atoms with Crippen LogP contribution >= 0.6 is 0 Å². The maximum atomic E-state index is 12.5. The summed E-state index contributed by atoms with van der Waals surface area (Å²) in [5.74, 6) is 0.297. The summed E-state index contributed by atoms with van der Waals surface area (Å²) in [6.45, 7) is 7.39. The largest absolute Gasteiger partial charge is 0.481 e. The second-order valence-corrected chi connectivity index (χ2v) is 6.01. The van der Waals surface area contributed by atoms with E-state index in [0.29, 0.717) is 23.5 Å². The predicted octanol–water partition coefficient (Wildman–Crippen LogP) is 4.06. The molecule has 2 rings (SSSR count). The first-order valence-corrected chi connectivity index (χ1v) is 8.31. The normalized spacial score (nSPS) is 11.5. The second kappa shape index (κ2) is 8.33. The van der Waals surface area contributed by atoms with Gasteiger partial charge in [0.05, 0.1) is 0 Å². The number of rotatable bonds is 6. The van der Waals surface area contributed by atoms with Gasteiger partial charge in [0.1, 0.15) is 5.75 Å². The number of carbonyl (C=O) groups is 2. The summed E-state index contributed by atoms with van der Waals surface area (Å²) < 4.78 is 5.85. The van der Waals surface area contributed by atoms with E-state index in [1.807, 2.05) is 39.0 Å². The Hall–Kier alpha value is -2.82. The van der Waals surface area contributed by atoms with E-state index < -0.39 is 6.10 Å². The summed E-state index contributed by atoms with van der Waals surface area (Å²) >= 11 is 0. The molecule has 2 aromatic rings. The Morgan fingerprint density at radius 3 is 2.28 bits per heavy atom. The molecule has 2 amide bonds. The number of benzene rings is 2. The molecule has 5 nitrogen and oxygen atoms in total. The number of hydrogen-bond donors (Lipinski definition) is 2. The molecular weight excluding hydrogens is 316 g/mol. The van der Waals surface area contributed by atoms with Gasteiger partial charge in [0, 0.05) is 18.3 Å². The second-order valence-electron chi connectivity index (χ2n) is 6.01. The van der Waals surface area contributed by atoms with Crippen LogP contribution in [0.4, 0.5) is 11.4 Å². The quantitative estimate of drug-likeness (QED) is 0.833. The van der Waals surface area contributed by atoms with E-state index in [0.717, 1.165) is 5.56 Å². The Balaban J connectivity index is 2.06. The predicted molar refractivity (Wildman–Crippen MR) is 100.0 cm³/mol. The van der Waals surface area contributed by atoms with Crippen molar-refractivity contribution < 1.29 is 14.3 Å². The minimum absolute atomic E-state index is 0.159. The standard InChI is InChI=1S/C20H24N2O3/c1-5-19(25-18-10-9-13(2)14(3)11-18)20(24)22-17-8-6-7-16(12-17)21-15(4)23/h6-12,19H,5H2,1-4H3,(H,21,23)(H,22,24). The lowest BCUT2D eigenvalue weighted by molar-refractivity contribution is -0.122. The van der Waals surface area contributed by atoms with Gasteiger partial charge in [-0.3, -0.25) is 9.59 Å². The van der Waals surface area contributed by atoms with Gasteiger partial charge < -0.3 is 15.4 Å². The maximum Gasteiger partial charge on any atom is 0.265 e. The molecule has 0 saturated carbocycles. The van der Waals surface area contributed by atoms with Crippen molar-refractivity contribution in [2.24, 2.45) is 0 Å². The van der Waals surface area contributed by atoms with E-state index in [9.17, 15) is 9.59 Å². The van der Waals surface area contributed by atoms with Gasteiger partial charge in [0.2, 0.25) is 5.91 Å². The fraction of sp³-hybridized carbons (Fsp3) is 0.300. The van der Waals surface area contributed by atoms with E-state index in [2.05, 4.69) is 10.6 Å². The molecule has 2 N–H and O–H groups in total. The molecule has 0 fully saturated rings. The van der Waals surface area contributed by atoms with Gasteiger partial charge in [0.25, 0.3) is 5.91 Å². The van der Waals surface area contributed by atoms with Gasteiger partial charge in [-0.2, -0.15) is 0 Å². The Morgan fingerprint density at radius 2 is 1.68 bits per heavy atom. The highest BCUT2D eigenvalue weighted by molar-refractivity contribution is 5.95. The smallest absolute Gasteiger partial charge is 0.265 e. The lowest BCUT2D eigenvalue weighted by Crippen LogP contribution is -2.32. The lowest BCUT2D eigenvalue weighted by Gasteiger charge is -2.18. The molecule has 0 radical (unpaired) electrons. The maximum absolute atomic E-state index is 12.5. The minimum atomic E-state index is -0.591. The van der Waals surface area contributed by atoms with Crippen LogP contribution in [0.15, 0.2) is 42.5 Å². The molecule has 132 valence electrons. The third-order valence-corrected chi connectivity index (χ3v) is 3.87. The summed E-state index contributed by atoms with van der Waals surface area (Å²) in [7, 11) is 0. The molecule has 0 bridgehead atoms. The molecule has 0 aliphatic carbocycles. The molecule has 2 aromatic carbocycles. The van der Waals surface area contributed by atoms with Crippen molar-refractivity contribution in [2.75, 3.05) is 10.6 Å². The topological polar surface area (TPSA) is 67.4 Å². The van der Waals surface area contributed by atoms with Crippen LogP contribution in [0.25, 0.3) is 0 Å². The van der Waals surface area contributed by atoms with Crippen LogP contribution in [0.3, 0.4) is 0 Å². The number of aryl methyl sites for hydroxylation is 2.